The van der Waals surface area contributed by atoms with Crippen molar-refractivity contribution in [3.05, 3.63) is 12.2 Å². The molecule has 0 aromatic carbocycles. The highest BCUT2D eigenvalue weighted by Gasteiger charge is 2.19. The Morgan fingerprint density at radius 3 is 2.20 bits per heavy atom. The standard InChI is InChI=1S/C7H13NO2/c1-6-2-4-7(5-3-6)8(9)10/h7,9-10H,1-5H2. The molecule has 1 aliphatic rings. The first kappa shape index (κ1) is 7.72. The SMILES string of the molecule is C=C1CCC(N(O)O)CC1. The lowest BCUT2D eigenvalue weighted by Gasteiger charge is -2.25. The molecule has 0 spiro atoms. The molecule has 1 fully saturated rings. The molecule has 3 heteroatoms. The lowest BCUT2D eigenvalue weighted by Crippen LogP contribution is -2.31. The minimum Gasteiger partial charge on any atom is -0.289 e. The van der Waals surface area contributed by atoms with Gasteiger partial charge in [-0.3, -0.25) is 10.4 Å². The van der Waals surface area contributed by atoms with Crippen LogP contribution in [0.15, 0.2) is 12.2 Å². The van der Waals surface area contributed by atoms with Crippen LogP contribution >= 0.6 is 0 Å². The van der Waals surface area contributed by atoms with Crippen LogP contribution in [-0.2, 0) is 0 Å². The number of hydrogen-bond donors (Lipinski definition) is 2. The molecule has 1 rings (SSSR count). The van der Waals surface area contributed by atoms with Crippen molar-refractivity contribution in [1.82, 2.24) is 5.23 Å². The molecule has 0 aliphatic heterocycles. The molecule has 0 amide bonds. The van der Waals surface area contributed by atoms with Gasteiger partial charge >= 0.3 is 0 Å². The van der Waals surface area contributed by atoms with Crippen LogP contribution in [0.25, 0.3) is 0 Å². The van der Waals surface area contributed by atoms with Gasteiger partial charge in [-0.05, 0) is 25.7 Å². The summed E-state index contributed by atoms with van der Waals surface area (Å²) in [5.41, 5.74) is 1.22. The molecule has 3 nitrogen and oxygen atoms in total. The lowest BCUT2D eigenvalue weighted by atomic mass is 9.92. The molecule has 0 radical (unpaired) electrons. The van der Waals surface area contributed by atoms with Gasteiger partial charge < -0.3 is 0 Å². The van der Waals surface area contributed by atoms with Gasteiger partial charge in [0.1, 0.15) is 0 Å². The lowest BCUT2D eigenvalue weighted by molar-refractivity contribution is -0.334. The average Bonchev–Trinajstić information content (AvgIpc) is 1.88. The second kappa shape index (κ2) is 3.14. The van der Waals surface area contributed by atoms with Crippen LogP contribution in [0.3, 0.4) is 0 Å². The molecule has 0 aromatic rings. The van der Waals surface area contributed by atoms with Crippen LogP contribution < -0.4 is 0 Å². The van der Waals surface area contributed by atoms with E-state index in [1.165, 1.54) is 5.57 Å². The summed E-state index contributed by atoms with van der Waals surface area (Å²) < 4.78 is 0. The van der Waals surface area contributed by atoms with Gasteiger partial charge in [0.2, 0.25) is 0 Å². The van der Waals surface area contributed by atoms with Gasteiger partial charge in [-0.1, -0.05) is 17.4 Å². The van der Waals surface area contributed by atoms with Crippen molar-refractivity contribution in [3.63, 3.8) is 0 Å². The van der Waals surface area contributed by atoms with Crippen LogP contribution in [0.4, 0.5) is 0 Å². The summed E-state index contributed by atoms with van der Waals surface area (Å²) in [4.78, 5) is 0. The average molecular weight is 143 g/mol. The summed E-state index contributed by atoms with van der Waals surface area (Å²) in [7, 11) is 0. The first-order valence-electron chi connectivity index (χ1n) is 3.54. The van der Waals surface area contributed by atoms with Gasteiger partial charge in [0.25, 0.3) is 0 Å². The fourth-order valence-electron chi connectivity index (χ4n) is 1.24. The summed E-state index contributed by atoms with van der Waals surface area (Å²) in [6.45, 7) is 3.83. The molecule has 0 atom stereocenters. The largest absolute Gasteiger partial charge is 0.289 e. The fraction of sp³-hybridized carbons (Fsp3) is 0.714. The van der Waals surface area contributed by atoms with Crippen LogP contribution in [0.5, 0.6) is 0 Å². The van der Waals surface area contributed by atoms with E-state index in [0.29, 0.717) is 5.23 Å². The molecule has 1 saturated carbocycles. The van der Waals surface area contributed by atoms with Crippen molar-refractivity contribution in [2.45, 2.75) is 31.7 Å². The minimum absolute atomic E-state index is 0.0782. The van der Waals surface area contributed by atoms with E-state index in [2.05, 4.69) is 6.58 Å². The summed E-state index contributed by atoms with van der Waals surface area (Å²) >= 11 is 0. The molecule has 2 N–H and O–H groups in total. The quantitative estimate of drug-likeness (QED) is 0.432. The zero-order valence-electron chi connectivity index (χ0n) is 5.95. The predicted octanol–water partition coefficient (Wildman–Crippen LogP) is 1.57. The Labute approximate surface area is 60.5 Å². The molecular formula is C7H13NO2. The maximum atomic E-state index is 8.62. The Balaban J connectivity index is 2.33. The normalized spacial score (nSPS) is 22.1. The van der Waals surface area contributed by atoms with E-state index in [-0.39, 0.29) is 6.04 Å². The van der Waals surface area contributed by atoms with Gasteiger partial charge in [0, 0.05) is 0 Å². The van der Waals surface area contributed by atoms with Crippen molar-refractivity contribution < 1.29 is 10.4 Å². The molecule has 10 heavy (non-hydrogen) atoms. The highest BCUT2D eigenvalue weighted by Crippen LogP contribution is 2.23. The number of nitrogens with zero attached hydrogens (tertiary/aromatic N) is 1. The summed E-state index contributed by atoms with van der Waals surface area (Å²) in [6.07, 6.45) is 3.46. The van der Waals surface area contributed by atoms with E-state index in [1.54, 1.807) is 0 Å². The summed E-state index contributed by atoms with van der Waals surface area (Å²) in [5.74, 6) is 0. The van der Waals surface area contributed by atoms with E-state index < -0.39 is 0 Å². The van der Waals surface area contributed by atoms with Gasteiger partial charge in [-0.2, -0.15) is 0 Å². The van der Waals surface area contributed by atoms with E-state index in [4.69, 9.17) is 10.4 Å². The molecule has 0 aromatic heterocycles. The molecule has 0 heterocycles. The Morgan fingerprint density at radius 2 is 1.80 bits per heavy atom. The second-order valence-corrected chi connectivity index (χ2v) is 2.80. The number of hydroxylamine groups is 2. The molecule has 1 aliphatic carbocycles. The van der Waals surface area contributed by atoms with Gasteiger partial charge in [0.05, 0.1) is 6.04 Å². The maximum Gasteiger partial charge on any atom is 0.0629 e. The first-order chi connectivity index (χ1) is 4.70. The van der Waals surface area contributed by atoms with Crippen molar-refractivity contribution in [2.75, 3.05) is 0 Å². The van der Waals surface area contributed by atoms with Gasteiger partial charge in [-0.15, -0.1) is 0 Å². The monoisotopic (exact) mass is 143 g/mol. The smallest absolute Gasteiger partial charge is 0.0629 e. The number of hydrogen-bond acceptors (Lipinski definition) is 3. The zero-order valence-corrected chi connectivity index (χ0v) is 5.95. The molecule has 0 bridgehead atoms. The van der Waals surface area contributed by atoms with E-state index in [9.17, 15) is 0 Å². The third-order valence-electron chi connectivity index (χ3n) is 1.99. The predicted molar refractivity (Wildman–Crippen MR) is 36.8 cm³/mol. The third kappa shape index (κ3) is 1.80. The van der Waals surface area contributed by atoms with E-state index in [1.807, 2.05) is 0 Å². The fourth-order valence-corrected chi connectivity index (χ4v) is 1.24. The number of rotatable bonds is 1. The molecule has 58 valence electrons. The van der Waals surface area contributed by atoms with Gasteiger partial charge in [0.15, 0.2) is 0 Å². The van der Waals surface area contributed by atoms with Crippen LogP contribution in [-0.4, -0.2) is 21.7 Å². The molecular weight excluding hydrogens is 130 g/mol. The topological polar surface area (TPSA) is 43.7 Å². The Hall–Kier alpha value is -0.380. The first-order valence-corrected chi connectivity index (χ1v) is 3.54. The van der Waals surface area contributed by atoms with Crippen molar-refractivity contribution in [3.8, 4) is 0 Å². The van der Waals surface area contributed by atoms with E-state index in [0.717, 1.165) is 25.7 Å². The Morgan fingerprint density at radius 1 is 1.30 bits per heavy atom. The highest BCUT2D eigenvalue weighted by atomic mass is 16.8. The Bertz CT molecular complexity index is 124. The van der Waals surface area contributed by atoms with E-state index >= 15 is 0 Å². The summed E-state index contributed by atoms with van der Waals surface area (Å²) in [5, 5.41) is 17.6. The summed E-state index contributed by atoms with van der Waals surface area (Å²) in [6, 6.07) is -0.0782. The molecule has 0 unspecified atom stereocenters. The van der Waals surface area contributed by atoms with Crippen molar-refractivity contribution in [1.29, 1.82) is 0 Å². The second-order valence-electron chi connectivity index (χ2n) is 2.80. The minimum atomic E-state index is -0.0782. The van der Waals surface area contributed by atoms with Crippen LogP contribution in [0.2, 0.25) is 0 Å². The Kier molecular flexibility index (Phi) is 2.43. The zero-order chi connectivity index (χ0) is 7.56. The highest BCUT2D eigenvalue weighted by molar-refractivity contribution is 4.99. The molecule has 0 saturated heterocycles. The van der Waals surface area contributed by atoms with Gasteiger partial charge in [-0.25, -0.2) is 0 Å². The maximum absolute atomic E-state index is 8.62. The van der Waals surface area contributed by atoms with Crippen molar-refractivity contribution in [2.24, 2.45) is 0 Å². The van der Waals surface area contributed by atoms with Crippen molar-refractivity contribution >= 4 is 0 Å². The van der Waals surface area contributed by atoms with Crippen LogP contribution in [0.1, 0.15) is 25.7 Å². The van der Waals surface area contributed by atoms with Crippen LogP contribution in [0, 0.1) is 0 Å². The third-order valence-corrected chi connectivity index (χ3v) is 1.99. The number of allylic oxidation sites excluding steroid dienone is 1.